The van der Waals surface area contributed by atoms with Gasteiger partial charge in [-0.1, -0.05) is 66.7 Å². The van der Waals surface area contributed by atoms with E-state index in [1.807, 2.05) is 0 Å². The second kappa shape index (κ2) is 6.75. The summed E-state index contributed by atoms with van der Waals surface area (Å²) in [7, 11) is 0. The zero-order valence-corrected chi connectivity index (χ0v) is 12.6. The van der Waals surface area contributed by atoms with E-state index in [4.69, 9.17) is 11.6 Å². The Morgan fingerprint density at radius 1 is 0.714 bits per heavy atom. The Kier molecular flexibility index (Phi) is 4.54. The highest BCUT2D eigenvalue weighted by Gasteiger charge is 2.00. The molecule has 0 aromatic heterocycles. The quantitative estimate of drug-likeness (QED) is 0.662. The van der Waals surface area contributed by atoms with Gasteiger partial charge in [0.15, 0.2) is 0 Å². The van der Waals surface area contributed by atoms with Gasteiger partial charge in [-0.25, -0.2) is 0 Å². The molecule has 3 aromatic rings. The van der Waals surface area contributed by atoms with Crippen molar-refractivity contribution in [1.29, 1.82) is 0 Å². The van der Waals surface area contributed by atoms with E-state index in [0.717, 1.165) is 18.7 Å². The van der Waals surface area contributed by atoms with E-state index < -0.39 is 0 Å². The molecule has 0 heterocycles. The molecule has 0 saturated carbocycles. The molecule has 0 bridgehead atoms. The molecular formula is C19H18ClN. The van der Waals surface area contributed by atoms with Gasteiger partial charge in [-0.15, -0.1) is 11.6 Å². The van der Waals surface area contributed by atoms with Crippen molar-refractivity contribution in [1.82, 2.24) is 5.32 Å². The third-order valence-electron chi connectivity index (χ3n) is 3.70. The lowest BCUT2D eigenvalue weighted by molar-refractivity contribution is 0.696. The normalized spacial score (nSPS) is 10.9. The molecule has 0 radical (unpaired) electrons. The third kappa shape index (κ3) is 3.44. The van der Waals surface area contributed by atoms with E-state index in [-0.39, 0.29) is 0 Å². The van der Waals surface area contributed by atoms with Crippen LogP contribution in [0.5, 0.6) is 0 Å². The van der Waals surface area contributed by atoms with Crippen LogP contribution in [-0.4, -0.2) is 0 Å². The molecule has 0 aliphatic heterocycles. The van der Waals surface area contributed by atoms with E-state index in [9.17, 15) is 0 Å². The molecule has 3 aromatic carbocycles. The standard InChI is InChI=1S/C19H18ClN/c20-12-15-8-10-16(11-9-15)13-21-14-18-6-3-5-17-4-1-2-7-19(17)18/h1-11,21H,12-14H2. The van der Waals surface area contributed by atoms with Gasteiger partial charge < -0.3 is 5.32 Å². The van der Waals surface area contributed by atoms with Gasteiger partial charge in [-0.3, -0.25) is 0 Å². The summed E-state index contributed by atoms with van der Waals surface area (Å²) in [6, 6.07) is 23.4. The summed E-state index contributed by atoms with van der Waals surface area (Å²) in [5, 5.41) is 6.13. The van der Waals surface area contributed by atoms with Crippen LogP contribution >= 0.6 is 11.6 Å². The smallest absolute Gasteiger partial charge is 0.0474 e. The molecule has 0 fully saturated rings. The van der Waals surface area contributed by atoms with Crippen LogP contribution in [0.25, 0.3) is 10.8 Å². The average molecular weight is 296 g/mol. The van der Waals surface area contributed by atoms with Crippen molar-refractivity contribution in [2.45, 2.75) is 19.0 Å². The van der Waals surface area contributed by atoms with Gasteiger partial charge >= 0.3 is 0 Å². The Morgan fingerprint density at radius 2 is 1.43 bits per heavy atom. The number of hydrogen-bond acceptors (Lipinski definition) is 1. The summed E-state index contributed by atoms with van der Waals surface area (Å²) in [6.07, 6.45) is 0. The Balaban J connectivity index is 1.66. The fourth-order valence-corrected chi connectivity index (χ4v) is 2.71. The third-order valence-corrected chi connectivity index (χ3v) is 4.01. The van der Waals surface area contributed by atoms with E-state index in [1.165, 1.54) is 21.9 Å². The van der Waals surface area contributed by atoms with Crippen molar-refractivity contribution in [3.63, 3.8) is 0 Å². The molecule has 0 aliphatic carbocycles. The van der Waals surface area contributed by atoms with Crippen molar-refractivity contribution < 1.29 is 0 Å². The highest BCUT2D eigenvalue weighted by atomic mass is 35.5. The number of halogens is 1. The zero-order chi connectivity index (χ0) is 14.5. The molecule has 0 unspecified atom stereocenters. The van der Waals surface area contributed by atoms with Gasteiger partial charge in [0.1, 0.15) is 0 Å². The summed E-state index contributed by atoms with van der Waals surface area (Å²) in [6.45, 7) is 1.74. The fourth-order valence-electron chi connectivity index (χ4n) is 2.53. The van der Waals surface area contributed by atoms with Crippen molar-refractivity contribution in [3.8, 4) is 0 Å². The van der Waals surface area contributed by atoms with Crippen LogP contribution < -0.4 is 5.32 Å². The number of hydrogen-bond donors (Lipinski definition) is 1. The van der Waals surface area contributed by atoms with Crippen LogP contribution in [0, 0.1) is 0 Å². The minimum Gasteiger partial charge on any atom is -0.309 e. The van der Waals surface area contributed by atoms with Crippen LogP contribution in [0.1, 0.15) is 16.7 Å². The van der Waals surface area contributed by atoms with Crippen LogP contribution in [0.4, 0.5) is 0 Å². The largest absolute Gasteiger partial charge is 0.309 e. The lowest BCUT2D eigenvalue weighted by Crippen LogP contribution is -2.12. The lowest BCUT2D eigenvalue weighted by Gasteiger charge is -2.09. The Labute approximate surface area is 130 Å². The first-order valence-electron chi connectivity index (χ1n) is 7.18. The predicted octanol–water partition coefficient (Wildman–Crippen LogP) is 4.87. The van der Waals surface area contributed by atoms with Gasteiger partial charge in [-0.2, -0.15) is 0 Å². The predicted molar refractivity (Wildman–Crippen MR) is 90.5 cm³/mol. The summed E-state index contributed by atoms with van der Waals surface area (Å²) in [5.41, 5.74) is 3.78. The number of alkyl halides is 1. The van der Waals surface area contributed by atoms with Gasteiger partial charge in [0.25, 0.3) is 0 Å². The summed E-state index contributed by atoms with van der Waals surface area (Å²) >= 11 is 5.80. The maximum absolute atomic E-state index is 5.80. The van der Waals surface area contributed by atoms with Gasteiger partial charge in [0.05, 0.1) is 0 Å². The molecule has 0 atom stereocenters. The molecule has 0 saturated heterocycles. The molecule has 106 valence electrons. The molecule has 0 spiro atoms. The highest BCUT2D eigenvalue weighted by Crippen LogP contribution is 2.18. The maximum atomic E-state index is 5.80. The lowest BCUT2D eigenvalue weighted by atomic mass is 10.0. The monoisotopic (exact) mass is 295 g/mol. The summed E-state index contributed by atoms with van der Waals surface area (Å²) < 4.78 is 0. The minimum absolute atomic E-state index is 0.573. The van der Waals surface area contributed by atoms with E-state index in [1.54, 1.807) is 0 Å². The molecule has 3 rings (SSSR count). The summed E-state index contributed by atoms with van der Waals surface area (Å²) in [4.78, 5) is 0. The van der Waals surface area contributed by atoms with Crippen LogP contribution in [-0.2, 0) is 19.0 Å². The van der Waals surface area contributed by atoms with Crippen LogP contribution in [0.2, 0.25) is 0 Å². The van der Waals surface area contributed by atoms with Gasteiger partial charge in [0, 0.05) is 19.0 Å². The maximum Gasteiger partial charge on any atom is 0.0474 e. The van der Waals surface area contributed by atoms with Crippen molar-refractivity contribution in [2.24, 2.45) is 0 Å². The molecule has 1 N–H and O–H groups in total. The SMILES string of the molecule is ClCc1ccc(CNCc2cccc3ccccc23)cc1. The number of nitrogens with one attached hydrogen (secondary N) is 1. The molecule has 2 heteroatoms. The molecule has 0 aliphatic rings. The van der Waals surface area contributed by atoms with E-state index >= 15 is 0 Å². The van der Waals surface area contributed by atoms with E-state index in [2.05, 4.69) is 72.0 Å². The van der Waals surface area contributed by atoms with Gasteiger partial charge in [-0.05, 0) is 27.5 Å². The Hall–Kier alpha value is -1.83. The number of fused-ring (bicyclic) bond motifs is 1. The van der Waals surface area contributed by atoms with Crippen molar-refractivity contribution >= 4 is 22.4 Å². The minimum atomic E-state index is 0.573. The topological polar surface area (TPSA) is 12.0 Å². The van der Waals surface area contributed by atoms with Crippen molar-refractivity contribution in [2.75, 3.05) is 0 Å². The first-order valence-corrected chi connectivity index (χ1v) is 7.71. The van der Waals surface area contributed by atoms with Crippen LogP contribution in [0.15, 0.2) is 66.7 Å². The van der Waals surface area contributed by atoms with Crippen LogP contribution in [0.3, 0.4) is 0 Å². The number of rotatable bonds is 5. The molecular weight excluding hydrogens is 278 g/mol. The molecule has 1 nitrogen and oxygen atoms in total. The Morgan fingerprint density at radius 3 is 2.24 bits per heavy atom. The summed E-state index contributed by atoms with van der Waals surface area (Å²) in [5.74, 6) is 0.573. The Bertz CT molecular complexity index is 714. The average Bonchev–Trinajstić information content (AvgIpc) is 2.56. The first kappa shape index (κ1) is 14.1. The number of benzene rings is 3. The zero-order valence-electron chi connectivity index (χ0n) is 11.9. The second-order valence-corrected chi connectivity index (χ2v) is 5.46. The van der Waals surface area contributed by atoms with Crippen molar-refractivity contribution in [3.05, 3.63) is 83.4 Å². The highest BCUT2D eigenvalue weighted by molar-refractivity contribution is 6.17. The molecule has 0 amide bonds. The van der Waals surface area contributed by atoms with Gasteiger partial charge in [0.2, 0.25) is 0 Å². The second-order valence-electron chi connectivity index (χ2n) is 5.19. The first-order chi connectivity index (χ1) is 10.4. The fraction of sp³-hybridized carbons (Fsp3) is 0.158. The van der Waals surface area contributed by atoms with E-state index in [0.29, 0.717) is 5.88 Å². The molecule has 21 heavy (non-hydrogen) atoms.